The average Bonchev–Trinajstić information content (AvgIpc) is 3.07. The van der Waals surface area contributed by atoms with E-state index < -0.39 is 11.8 Å². The first kappa shape index (κ1) is 16.9. The van der Waals surface area contributed by atoms with Gasteiger partial charge in [0.15, 0.2) is 0 Å². The molecule has 1 aromatic rings. The maximum Gasteiger partial charge on any atom is 0.409 e. The zero-order valence-electron chi connectivity index (χ0n) is 13.0. The highest BCUT2D eigenvalue weighted by molar-refractivity contribution is 6.35. The molecule has 1 aliphatic heterocycles. The van der Waals surface area contributed by atoms with Crippen molar-refractivity contribution in [3.63, 3.8) is 0 Å². The van der Waals surface area contributed by atoms with Crippen LogP contribution >= 0.6 is 0 Å². The van der Waals surface area contributed by atoms with Gasteiger partial charge in [0.1, 0.15) is 5.76 Å². The predicted octanol–water partition coefficient (Wildman–Crippen LogP) is 0.633. The summed E-state index contributed by atoms with van der Waals surface area (Å²) < 4.78 is 10.0. The van der Waals surface area contributed by atoms with Gasteiger partial charge < -0.3 is 24.7 Å². The highest BCUT2D eigenvalue weighted by Crippen LogP contribution is 2.11. The van der Waals surface area contributed by atoms with Gasteiger partial charge in [-0.2, -0.15) is 0 Å². The Balaban J connectivity index is 1.69. The van der Waals surface area contributed by atoms with E-state index in [4.69, 9.17) is 9.15 Å². The molecule has 0 unspecified atom stereocenters. The quantitative estimate of drug-likeness (QED) is 0.792. The molecule has 0 saturated carbocycles. The van der Waals surface area contributed by atoms with E-state index in [9.17, 15) is 14.4 Å². The summed E-state index contributed by atoms with van der Waals surface area (Å²) in [7, 11) is 0. The second-order valence-corrected chi connectivity index (χ2v) is 5.20. The molecule has 0 bridgehead atoms. The highest BCUT2D eigenvalue weighted by atomic mass is 16.6. The number of likely N-dealkylation sites (tertiary alicyclic amines) is 1. The third-order valence-corrected chi connectivity index (χ3v) is 3.57. The molecule has 1 saturated heterocycles. The third kappa shape index (κ3) is 5.01. The lowest BCUT2D eigenvalue weighted by Crippen LogP contribution is -2.50. The van der Waals surface area contributed by atoms with Crippen LogP contribution < -0.4 is 10.6 Å². The van der Waals surface area contributed by atoms with E-state index in [-0.39, 0.29) is 18.7 Å². The number of carbonyl (C=O) groups excluding carboxylic acids is 3. The lowest BCUT2D eigenvalue weighted by molar-refractivity contribution is -0.139. The molecule has 0 radical (unpaired) electrons. The largest absolute Gasteiger partial charge is 0.467 e. The van der Waals surface area contributed by atoms with E-state index >= 15 is 0 Å². The van der Waals surface area contributed by atoms with Crippen molar-refractivity contribution in [2.24, 2.45) is 0 Å². The predicted molar refractivity (Wildman–Crippen MR) is 80.3 cm³/mol. The second kappa shape index (κ2) is 8.21. The second-order valence-electron chi connectivity index (χ2n) is 5.20. The van der Waals surface area contributed by atoms with Gasteiger partial charge in [-0.1, -0.05) is 0 Å². The van der Waals surface area contributed by atoms with Crippen LogP contribution in [0.15, 0.2) is 22.8 Å². The summed E-state index contributed by atoms with van der Waals surface area (Å²) in [6, 6.07) is 3.30. The molecular formula is C15H21N3O5. The van der Waals surface area contributed by atoms with Crippen LogP contribution in [0.1, 0.15) is 25.5 Å². The summed E-state index contributed by atoms with van der Waals surface area (Å²) >= 11 is 0. The molecular weight excluding hydrogens is 302 g/mol. The van der Waals surface area contributed by atoms with Gasteiger partial charge in [-0.3, -0.25) is 9.59 Å². The normalized spacial score (nSPS) is 15.1. The SMILES string of the molecule is CCOC(=O)N1CCC(NC(=O)C(=O)NCc2ccco2)CC1. The van der Waals surface area contributed by atoms with E-state index in [0.717, 1.165) is 0 Å². The first-order valence-electron chi connectivity index (χ1n) is 7.63. The molecule has 0 spiro atoms. The van der Waals surface area contributed by atoms with Crippen molar-refractivity contribution < 1.29 is 23.5 Å². The Morgan fingerprint density at radius 3 is 2.65 bits per heavy atom. The van der Waals surface area contributed by atoms with E-state index in [1.54, 1.807) is 24.0 Å². The van der Waals surface area contributed by atoms with Crippen molar-refractivity contribution in [3.05, 3.63) is 24.2 Å². The van der Waals surface area contributed by atoms with E-state index in [1.807, 2.05) is 0 Å². The molecule has 2 heterocycles. The number of nitrogens with zero attached hydrogens (tertiary/aromatic N) is 1. The number of nitrogens with one attached hydrogen (secondary N) is 2. The molecule has 8 nitrogen and oxygen atoms in total. The Morgan fingerprint density at radius 1 is 1.30 bits per heavy atom. The van der Waals surface area contributed by atoms with Crippen molar-refractivity contribution >= 4 is 17.9 Å². The minimum absolute atomic E-state index is 0.123. The zero-order chi connectivity index (χ0) is 16.7. The van der Waals surface area contributed by atoms with Crippen molar-refractivity contribution in [3.8, 4) is 0 Å². The van der Waals surface area contributed by atoms with Crippen LogP contribution in [0.4, 0.5) is 4.79 Å². The van der Waals surface area contributed by atoms with Crippen LogP contribution in [0.25, 0.3) is 0 Å². The summed E-state index contributed by atoms with van der Waals surface area (Å²) in [5, 5.41) is 5.17. The maximum atomic E-state index is 11.8. The Morgan fingerprint density at radius 2 is 2.04 bits per heavy atom. The number of rotatable bonds is 4. The molecule has 0 atom stereocenters. The van der Waals surface area contributed by atoms with Gasteiger partial charge in [-0.15, -0.1) is 0 Å². The Labute approximate surface area is 134 Å². The number of carbonyl (C=O) groups is 3. The number of furan rings is 1. The summed E-state index contributed by atoms with van der Waals surface area (Å²) in [5.74, 6) is -0.797. The summed E-state index contributed by atoms with van der Waals surface area (Å²) in [5.41, 5.74) is 0. The minimum atomic E-state index is -0.700. The van der Waals surface area contributed by atoms with Crippen LogP contribution in [0.2, 0.25) is 0 Å². The fourth-order valence-electron chi connectivity index (χ4n) is 2.33. The van der Waals surface area contributed by atoms with E-state index in [2.05, 4.69) is 10.6 Å². The maximum absolute atomic E-state index is 11.8. The van der Waals surface area contributed by atoms with Crippen molar-refractivity contribution in [2.75, 3.05) is 19.7 Å². The molecule has 8 heteroatoms. The molecule has 1 fully saturated rings. The fraction of sp³-hybridized carbons (Fsp3) is 0.533. The van der Waals surface area contributed by atoms with Crippen molar-refractivity contribution in [1.29, 1.82) is 0 Å². The van der Waals surface area contributed by atoms with Crippen molar-refractivity contribution in [1.82, 2.24) is 15.5 Å². The molecule has 0 aromatic carbocycles. The molecule has 2 N–H and O–H groups in total. The smallest absolute Gasteiger partial charge is 0.409 e. The Hall–Kier alpha value is -2.51. The average molecular weight is 323 g/mol. The minimum Gasteiger partial charge on any atom is -0.467 e. The molecule has 23 heavy (non-hydrogen) atoms. The lowest BCUT2D eigenvalue weighted by atomic mass is 10.1. The van der Waals surface area contributed by atoms with Gasteiger partial charge in [-0.25, -0.2) is 4.79 Å². The number of hydrogen-bond donors (Lipinski definition) is 2. The van der Waals surface area contributed by atoms with Crippen LogP contribution in [-0.4, -0.2) is 48.5 Å². The van der Waals surface area contributed by atoms with Gasteiger partial charge >= 0.3 is 17.9 Å². The van der Waals surface area contributed by atoms with Crippen LogP contribution in [-0.2, 0) is 20.9 Å². The van der Waals surface area contributed by atoms with Gasteiger partial charge in [-0.05, 0) is 31.9 Å². The van der Waals surface area contributed by atoms with E-state index in [0.29, 0.717) is 38.3 Å². The monoisotopic (exact) mass is 323 g/mol. The van der Waals surface area contributed by atoms with Gasteiger partial charge in [0.05, 0.1) is 19.4 Å². The molecule has 0 aliphatic carbocycles. The van der Waals surface area contributed by atoms with Crippen LogP contribution in [0.5, 0.6) is 0 Å². The molecule has 2 rings (SSSR count). The zero-order valence-corrected chi connectivity index (χ0v) is 13.0. The lowest BCUT2D eigenvalue weighted by Gasteiger charge is -2.31. The summed E-state index contributed by atoms with van der Waals surface area (Å²) in [6.07, 6.45) is 2.35. The number of piperidine rings is 1. The molecule has 3 amide bonds. The standard InChI is InChI=1S/C15H21N3O5/c1-2-22-15(21)18-7-5-11(6-8-18)17-14(20)13(19)16-10-12-4-3-9-23-12/h3-4,9,11H,2,5-8,10H2,1H3,(H,16,19)(H,17,20). The Kier molecular flexibility index (Phi) is 6.02. The van der Waals surface area contributed by atoms with Crippen LogP contribution in [0, 0.1) is 0 Å². The Bertz CT molecular complexity index is 535. The first-order chi connectivity index (χ1) is 11.1. The van der Waals surface area contributed by atoms with Crippen LogP contribution in [0.3, 0.4) is 0 Å². The summed E-state index contributed by atoms with van der Waals surface area (Å²) in [4.78, 5) is 36.7. The number of ether oxygens (including phenoxy) is 1. The van der Waals surface area contributed by atoms with Crippen molar-refractivity contribution in [2.45, 2.75) is 32.4 Å². The molecule has 1 aliphatic rings. The van der Waals surface area contributed by atoms with E-state index in [1.165, 1.54) is 6.26 Å². The third-order valence-electron chi connectivity index (χ3n) is 3.57. The summed E-state index contributed by atoms with van der Waals surface area (Å²) in [6.45, 7) is 3.26. The topological polar surface area (TPSA) is 101 Å². The number of hydrogen-bond acceptors (Lipinski definition) is 5. The van der Waals surface area contributed by atoms with Gasteiger partial charge in [0.2, 0.25) is 0 Å². The van der Waals surface area contributed by atoms with Gasteiger partial charge in [0, 0.05) is 19.1 Å². The molecule has 126 valence electrons. The fourth-order valence-corrected chi connectivity index (χ4v) is 2.33. The molecule has 1 aromatic heterocycles. The first-order valence-corrected chi connectivity index (χ1v) is 7.63. The highest BCUT2D eigenvalue weighted by Gasteiger charge is 2.26. The van der Waals surface area contributed by atoms with Gasteiger partial charge in [0.25, 0.3) is 0 Å². The number of amides is 3.